The number of hydrogen-bond donors (Lipinski definition) is 2. The zero-order chi connectivity index (χ0) is 26.9. The second-order valence-electron chi connectivity index (χ2n) is 9.71. The molecule has 10 heteroatoms. The van der Waals surface area contributed by atoms with E-state index >= 15 is 0 Å². The van der Waals surface area contributed by atoms with Gasteiger partial charge in [0, 0.05) is 31.7 Å². The summed E-state index contributed by atoms with van der Waals surface area (Å²) in [6, 6.07) is 17.7. The van der Waals surface area contributed by atoms with E-state index < -0.39 is 11.9 Å². The van der Waals surface area contributed by atoms with Crippen LogP contribution in [0.4, 0.5) is 17.2 Å². The highest BCUT2D eigenvalue weighted by Gasteiger charge is 2.36. The van der Waals surface area contributed by atoms with Crippen molar-refractivity contribution in [1.29, 1.82) is 0 Å². The van der Waals surface area contributed by atoms with Crippen LogP contribution in [0.2, 0.25) is 0 Å². The summed E-state index contributed by atoms with van der Waals surface area (Å²) in [6.07, 6.45) is 0.624. The Balaban J connectivity index is 1.32. The first-order chi connectivity index (χ1) is 19.0. The molecular weight excluding hydrogens is 498 g/mol. The molecule has 6 rings (SSSR count). The minimum absolute atomic E-state index is 0.0404. The highest BCUT2D eigenvalue weighted by atomic mass is 16.5. The van der Waals surface area contributed by atoms with Gasteiger partial charge in [-0.25, -0.2) is 14.8 Å². The largest absolute Gasteiger partial charge is 0.478 e. The average molecular weight is 526 g/mol. The number of morpholine rings is 1. The van der Waals surface area contributed by atoms with E-state index in [-0.39, 0.29) is 17.4 Å². The SMILES string of the molecule is O=C(O)c1ccc2c(c1)NC(=O)C2C(=Nc1ccc2c(n1)CCN2C(=O)CN1CCOCC1)c1ccccc1. The smallest absolute Gasteiger partial charge is 0.335 e. The molecule has 1 fully saturated rings. The van der Waals surface area contributed by atoms with Crippen molar-refractivity contribution in [1.82, 2.24) is 9.88 Å². The number of amides is 2. The zero-order valence-corrected chi connectivity index (χ0v) is 21.2. The van der Waals surface area contributed by atoms with Crippen LogP contribution in [0.1, 0.15) is 33.1 Å². The predicted molar refractivity (Wildman–Crippen MR) is 145 cm³/mol. The van der Waals surface area contributed by atoms with Crippen molar-refractivity contribution in [2.45, 2.75) is 12.3 Å². The Bertz CT molecular complexity index is 1480. The number of fused-ring (bicyclic) bond motifs is 2. The Kier molecular flexibility index (Phi) is 6.64. The topological polar surface area (TPSA) is 124 Å². The molecule has 0 spiro atoms. The molecule has 198 valence electrons. The van der Waals surface area contributed by atoms with Crippen LogP contribution >= 0.6 is 0 Å². The van der Waals surface area contributed by atoms with Crippen molar-refractivity contribution in [3.05, 3.63) is 83.0 Å². The van der Waals surface area contributed by atoms with Crippen molar-refractivity contribution < 1.29 is 24.2 Å². The normalized spacial score (nSPS) is 19.0. The molecule has 0 aliphatic carbocycles. The first-order valence-electron chi connectivity index (χ1n) is 12.9. The molecule has 3 aromatic rings. The Morgan fingerprint density at radius 3 is 2.59 bits per heavy atom. The van der Waals surface area contributed by atoms with Gasteiger partial charge in [-0.05, 0) is 35.4 Å². The van der Waals surface area contributed by atoms with Crippen molar-refractivity contribution >= 4 is 40.7 Å². The minimum atomic E-state index is -1.06. The number of ether oxygens (including phenoxy) is 1. The van der Waals surface area contributed by atoms with Crippen LogP contribution in [0, 0.1) is 0 Å². The van der Waals surface area contributed by atoms with Crippen LogP contribution in [0.15, 0.2) is 65.7 Å². The van der Waals surface area contributed by atoms with Gasteiger partial charge >= 0.3 is 5.97 Å². The molecule has 39 heavy (non-hydrogen) atoms. The molecule has 3 aliphatic rings. The van der Waals surface area contributed by atoms with Crippen LogP contribution in [-0.4, -0.2) is 77.9 Å². The maximum Gasteiger partial charge on any atom is 0.335 e. The van der Waals surface area contributed by atoms with Gasteiger partial charge in [0.1, 0.15) is 5.92 Å². The molecule has 3 aliphatic heterocycles. The molecule has 10 nitrogen and oxygen atoms in total. The van der Waals surface area contributed by atoms with E-state index in [1.54, 1.807) is 17.0 Å². The molecule has 2 N–H and O–H groups in total. The molecule has 4 heterocycles. The number of aromatic nitrogens is 1. The number of carbonyl (C=O) groups is 3. The lowest BCUT2D eigenvalue weighted by Crippen LogP contribution is -2.44. The van der Waals surface area contributed by atoms with Gasteiger partial charge in [0.05, 0.1) is 42.4 Å². The quantitative estimate of drug-likeness (QED) is 0.474. The summed E-state index contributed by atoms with van der Waals surface area (Å²) in [7, 11) is 0. The summed E-state index contributed by atoms with van der Waals surface area (Å²) in [5.41, 5.74) is 4.08. The maximum absolute atomic E-state index is 13.2. The summed E-state index contributed by atoms with van der Waals surface area (Å²) in [6.45, 7) is 3.68. The molecule has 0 radical (unpaired) electrons. The van der Waals surface area contributed by atoms with Crippen molar-refractivity contribution in [2.75, 3.05) is 49.6 Å². The maximum atomic E-state index is 13.2. The number of nitrogens with zero attached hydrogens (tertiary/aromatic N) is 4. The van der Waals surface area contributed by atoms with E-state index in [1.165, 1.54) is 12.1 Å². The van der Waals surface area contributed by atoms with Crippen molar-refractivity contribution in [3.8, 4) is 0 Å². The fourth-order valence-corrected chi connectivity index (χ4v) is 5.30. The van der Waals surface area contributed by atoms with Crippen LogP contribution in [0.3, 0.4) is 0 Å². The number of anilines is 2. The van der Waals surface area contributed by atoms with Gasteiger partial charge in [-0.1, -0.05) is 36.4 Å². The lowest BCUT2D eigenvalue weighted by Gasteiger charge is -2.28. The number of carbonyl (C=O) groups excluding carboxylic acids is 2. The van der Waals surface area contributed by atoms with E-state index in [0.717, 1.165) is 30.0 Å². The van der Waals surface area contributed by atoms with Gasteiger partial charge < -0.3 is 20.1 Å². The number of aliphatic imine (C=N–C) groups is 1. The van der Waals surface area contributed by atoms with Gasteiger partial charge in [0.25, 0.3) is 0 Å². The second-order valence-corrected chi connectivity index (χ2v) is 9.71. The number of pyridine rings is 1. The third-order valence-corrected chi connectivity index (χ3v) is 7.27. The van der Waals surface area contributed by atoms with E-state index in [1.807, 2.05) is 36.4 Å². The second kappa shape index (κ2) is 10.4. The Hall–Kier alpha value is -4.41. The van der Waals surface area contributed by atoms with Gasteiger partial charge in [0.15, 0.2) is 5.82 Å². The fraction of sp³-hybridized carbons (Fsp3) is 0.276. The molecule has 1 saturated heterocycles. The average Bonchev–Trinajstić information content (AvgIpc) is 3.52. The number of aromatic carboxylic acids is 1. The first kappa shape index (κ1) is 24.9. The molecule has 1 atom stereocenters. The zero-order valence-electron chi connectivity index (χ0n) is 21.2. The Labute approximate surface area is 224 Å². The number of nitrogens with one attached hydrogen (secondary N) is 1. The predicted octanol–water partition coefficient (Wildman–Crippen LogP) is 2.86. The molecule has 2 amide bonds. The Morgan fingerprint density at radius 2 is 1.82 bits per heavy atom. The Morgan fingerprint density at radius 1 is 1.03 bits per heavy atom. The van der Waals surface area contributed by atoms with Gasteiger partial charge in [-0.15, -0.1) is 0 Å². The van der Waals surface area contributed by atoms with E-state index in [9.17, 15) is 19.5 Å². The van der Waals surface area contributed by atoms with Gasteiger partial charge in [0.2, 0.25) is 11.8 Å². The number of benzene rings is 2. The lowest BCUT2D eigenvalue weighted by molar-refractivity contribution is -0.120. The number of rotatable bonds is 6. The molecule has 0 bridgehead atoms. The lowest BCUT2D eigenvalue weighted by atomic mass is 9.90. The van der Waals surface area contributed by atoms with Crippen LogP contribution in [0.25, 0.3) is 0 Å². The van der Waals surface area contributed by atoms with Gasteiger partial charge in [-0.3, -0.25) is 14.5 Å². The summed E-state index contributed by atoms with van der Waals surface area (Å²) in [4.78, 5) is 51.1. The number of carboxylic acid groups (broad SMARTS) is 1. The monoisotopic (exact) mass is 525 g/mol. The third kappa shape index (κ3) is 4.91. The van der Waals surface area contributed by atoms with Crippen LogP contribution in [0.5, 0.6) is 0 Å². The molecule has 0 saturated carbocycles. The minimum Gasteiger partial charge on any atom is -0.478 e. The van der Waals surface area contributed by atoms with E-state index in [4.69, 9.17) is 14.7 Å². The van der Waals surface area contributed by atoms with E-state index in [2.05, 4.69) is 10.2 Å². The summed E-state index contributed by atoms with van der Waals surface area (Å²) in [5.74, 6) is -1.59. The summed E-state index contributed by atoms with van der Waals surface area (Å²) in [5, 5.41) is 12.2. The first-order valence-corrected chi connectivity index (χ1v) is 12.9. The number of hydrogen-bond acceptors (Lipinski definition) is 7. The molecule has 1 aromatic heterocycles. The molecular formula is C29H27N5O5. The third-order valence-electron chi connectivity index (χ3n) is 7.27. The summed E-state index contributed by atoms with van der Waals surface area (Å²) < 4.78 is 5.38. The standard InChI is InChI=1S/C29H27N5O5/c35-25(17-33-12-14-39-15-13-33)34-11-10-21-23(34)8-9-24(30-21)32-27(18-4-2-1-3-5-18)26-20-7-6-19(29(37)38)16-22(20)31-28(26)36/h1-9,16,26H,10-15,17H2,(H,31,36)(H,37,38). The van der Waals surface area contributed by atoms with Crippen molar-refractivity contribution in [3.63, 3.8) is 0 Å². The molecule has 1 unspecified atom stereocenters. The highest BCUT2D eigenvalue weighted by Crippen LogP contribution is 2.37. The van der Waals surface area contributed by atoms with Crippen molar-refractivity contribution in [2.24, 2.45) is 4.99 Å². The van der Waals surface area contributed by atoms with Crippen LogP contribution < -0.4 is 10.2 Å². The van der Waals surface area contributed by atoms with Gasteiger partial charge in [-0.2, -0.15) is 0 Å². The number of carboxylic acids is 1. The fourth-order valence-electron chi connectivity index (χ4n) is 5.30. The summed E-state index contributed by atoms with van der Waals surface area (Å²) >= 11 is 0. The highest BCUT2D eigenvalue weighted by molar-refractivity contribution is 6.24. The van der Waals surface area contributed by atoms with E-state index in [0.29, 0.717) is 55.5 Å². The van der Waals surface area contributed by atoms with Crippen LogP contribution in [-0.2, 0) is 20.7 Å². The molecule has 2 aromatic carbocycles.